The number of aryl methyl sites for hydroxylation is 2. The van der Waals surface area contributed by atoms with Crippen LogP contribution in [-0.2, 0) is 13.0 Å². The van der Waals surface area contributed by atoms with Gasteiger partial charge < -0.3 is 9.88 Å². The Labute approximate surface area is 175 Å². The van der Waals surface area contributed by atoms with Gasteiger partial charge in [0.2, 0.25) is 0 Å². The Balaban J connectivity index is 1.36. The standard InChI is InChI=1S/C24H27N5O/c1-3-18-8-10-19(11-9-18)28-14-12-27(13-15-28)16-21-17(2)26-29-22-7-5-4-6-20(22)24(30)25-23(21)29/h4-11H,3,12-16H2,1-2H3,(H,25,30). The third-order valence-electron chi connectivity index (χ3n) is 6.26. The van der Waals surface area contributed by atoms with Crippen LogP contribution in [0, 0.1) is 6.92 Å². The van der Waals surface area contributed by atoms with E-state index < -0.39 is 0 Å². The first-order valence-electron chi connectivity index (χ1n) is 10.7. The van der Waals surface area contributed by atoms with Crippen molar-refractivity contribution in [2.45, 2.75) is 26.8 Å². The molecule has 2 aromatic heterocycles. The molecule has 6 heteroatoms. The van der Waals surface area contributed by atoms with Crippen LogP contribution in [0.25, 0.3) is 16.6 Å². The number of benzene rings is 2. The second-order valence-electron chi connectivity index (χ2n) is 8.08. The van der Waals surface area contributed by atoms with Gasteiger partial charge in [0.05, 0.1) is 16.6 Å². The van der Waals surface area contributed by atoms with E-state index >= 15 is 0 Å². The molecule has 1 saturated heterocycles. The molecule has 0 amide bonds. The molecule has 0 spiro atoms. The second kappa shape index (κ2) is 7.61. The minimum absolute atomic E-state index is 0.0559. The van der Waals surface area contributed by atoms with Gasteiger partial charge in [0.15, 0.2) is 0 Å². The first-order chi connectivity index (χ1) is 14.6. The van der Waals surface area contributed by atoms with Gasteiger partial charge in [0.25, 0.3) is 5.56 Å². The van der Waals surface area contributed by atoms with E-state index in [0.717, 1.165) is 61.6 Å². The van der Waals surface area contributed by atoms with E-state index in [4.69, 9.17) is 5.10 Å². The average molecular weight is 402 g/mol. The van der Waals surface area contributed by atoms with E-state index in [1.807, 2.05) is 35.7 Å². The molecule has 1 aliphatic heterocycles. The molecule has 0 saturated carbocycles. The predicted octanol–water partition coefficient (Wildman–Crippen LogP) is 3.37. The Morgan fingerprint density at radius 2 is 1.73 bits per heavy atom. The largest absolute Gasteiger partial charge is 0.369 e. The summed E-state index contributed by atoms with van der Waals surface area (Å²) in [5.74, 6) is 0. The van der Waals surface area contributed by atoms with Crippen LogP contribution in [0.15, 0.2) is 53.3 Å². The third kappa shape index (κ3) is 3.27. The molecule has 0 atom stereocenters. The number of hydrogen-bond donors (Lipinski definition) is 1. The van der Waals surface area contributed by atoms with Crippen molar-refractivity contribution in [1.82, 2.24) is 19.5 Å². The average Bonchev–Trinajstić information content (AvgIpc) is 3.10. The van der Waals surface area contributed by atoms with Gasteiger partial charge >= 0.3 is 0 Å². The lowest BCUT2D eigenvalue weighted by Crippen LogP contribution is -2.46. The van der Waals surface area contributed by atoms with Crippen LogP contribution in [0.2, 0.25) is 0 Å². The molecule has 1 fully saturated rings. The molecule has 1 aliphatic rings. The van der Waals surface area contributed by atoms with Crippen LogP contribution >= 0.6 is 0 Å². The highest BCUT2D eigenvalue weighted by Gasteiger charge is 2.21. The van der Waals surface area contributed by atoms with Gasteiger partial charge in [-0.3, -0.25) is 9.69 Å². The molecule has 5 rings (SSSR count). The quantitative estimate of drug-likeness (QED) is 0.570. The summed E-state index contributed by atoms with van der Waals surface area (Å²) < 4.78 is 1.88. The molecule has 154 valence electrons. The Morgan fingerprint density at radius 3 is 2.47 bits per heavy atom. The zero-order chi connectivity index (χ0) is 20.7. The van der Waals surface area contributed by atoms with Crippen LogP contribution < -0.4 is 10.5 Å². The molecular formula is C24H27N5O. The fraction of sp³-hybridized carbons (Fsp3) is 0.333. The van der Waals surface area contributed by atoms with Gasteiger partial charge in [-0.1, -0.05) is 31.2 Å². The SMILES string of the molecule is CCc1ccc(N2CCN(Cc3c(C)nn4c3[nH]c(=O)c3ccccc34)CC2)cc1. The Bertz CT molecular complexity index is 1250. The van der Waals surface area contributed by atoms with Crippen molar-refractivity contribution in [3.63, 3.8) is 0 Å². The molecule has 30 heavy (non-hydrogen) atoms. The molecule has 3 heterocycles. The molecule has 1 N–H and O–H groups in total. The fourth-order valence-corrected chi connectivity index (χ4v) is 4.41. The first kappa shape index (κ1) is 18.9. The van der Waals surface area contributed by atoms with E-state index in [1.165, 1.54) is 11.3 Å². The van der Waals surface area contributed by atoms with Crippen LogP contribution in [-0.4, -0.2) is 45.7 Å². The summed E-state index contributed by atoms with van der Waals surface area (Å²) in [4.78, 5) is 20.5. The van der Waals surface area contributed by atoms with E-state index in [1.54, 1.807) is 0 Å². The number of piperazine rings is 1. The highest BCUT2D eigenvalue weighted by Crippen LogP contribution is 2.22. The molecular weight excluding hydrogens is 374 g/mol. The van der Waals surface area contributed by atoms with E-state index in [9.17, 15) is 4.79 Å². The van der Waals surface area contributed by atoms with Crippen molar-refractivity contribution in [3.05, 3.63) is 75.7 Å². The monoisotopic (exact) mass is 401 g/mol. The molecule has 0 bridgehead atoms. The Morgan fingerprint density at radius 1 is 1.00 bits per heavy atom. The van der Waals surface area contributed by atoms with Gasteiger partial charge in [-0.15, -0.1) is 0 Å². The lowest BCUT2D eigenvalue weighted by atomic mass is 10.1. The van der Waals surface area contributed by atoms with Gasteiger partial charge in [0, 0.05) is 44.0 Å². The number of fused-ring (bicyclic) bond motifs is 3. The molecule has 0 aliphatic carbocycles. The molecule has 0 unspecified atom stereocenters. The van der Waals surface area contributed by atoms with E-state index in [0.29, 0.717) is 5.39 Å². The zero-order valence-corrected chi connectivity index (χ0v) is 17.6. The Hall–Kier alpha value is -3.12. The van der Waals surface area contributed by atoms with Crippen molar-refractivity contribution in [2.24, 2.45) is 0 Å². The number of aromatic nitrogens is 3. The number of para-hydroxylation sites is 1. The number of aromatic amines is 1. The summed E-state index contributed by atoms with van der Waals surface area (Å²) in [5.41, 5.74) is 6.37. The van der Waals surface area contributed by atoms with Crippen molar-refractivity contribution < 1.29 is 0 Å². The smallest absolute Gasteiger partial charge is 0.259 e. The summed E-state index contributed by atoms with van der Waals surface area (Å²) in [5, 5.41) is 5.40. The summed E-state index contributed by atoms with van der Waals surface area (Å²) >= 11 is 0. The minimum atomic E-state index is -0.0559. The molecule has 2 aromatic carbocycles. The third-order valence-corrected chi connectivity index (χ3v) is 6.26. The normalized spacial score (nSPS) is 15.3. The topological polar surface area (TPSA) is 56.6 Å². The fourth-order valence-electron chi connectivity index (χ4n) is 4.41. The second-order valence-corrected chi connectivity index (χ2v) is 8.08. The van der Waals surface area contributed by atoms with E-state index in [-0.39, 0.29) is 5.56 Å². The number of hydrogen-bond acceptors (Lipinski definition) is 4. The number of nitrogens with zero attached hydrogens (tertiary/aromatic N) is 4. The number of H-pyrrole nitrogens is 1. The summed E-state index contributed by atoms with van der Waals surface area (Å²) in [6.07, 6.45) is 1.07. The van der Waals surface area contributed by atoms with Crippen LogP contribution in [0.4, 0.5) is 5.69 Å². The summed E-state index contributed by atoms with van der Waals surface area (Å²) in [6, 6.07) is 16.6. The van der Waals surface area contributed by atoms with Crippen molar-refractivity contribution in [3.8, 4) is 0 Å². The van der Waals surface area contributed by atoms with Crippen molar-refractivity contribution in [2.75, 3.05) is 31.1 Å². The van der Waals surface area contributed by atoms with Gasteiger partial charge in [-0.05, 0) is 43.2 Å². The maximum Gasteiger partial charge on any atom is 0.259 e. The van der Waals surface area contributed by atoms with Crippen LogP contribution in [0.1, 0.15) is 23.7 Å². The van der Waals surface area contributed by atoms with Gasteiger partial charge in [-0.2, -0.15) is 5.10 Å². The highest BCUT2D eigenvalue weighted by molar-refractivity contribution is 5.80. The van der Waals surface area contributed by atoms with Crippen molar-refractivity contribution >= 4 is 22.2 Å². The number of rotatable bonds is 4. The minimum Gasteiger partial charge on any atom is -0.369 e. The van der Waals surface area contributed by atoms with Crippen molar-refractivity contribution in [1.29, 1.82) is 0 Å². The lowest BCUT2D eigenvalue weighted by molar-refractivity contribution is 0.250. The number of anilines is 1. The summed E-state index contributed by atoms with van der Waals surface area (Å²) in [7, 11) is 0. The maximum atomic E-state index is 12.6. The first-order valence-corrected chi connectivity index (χ1v) is 10.7. The van der Waals surface area contributed by atoms with Gasteiger partial charge in [0.1, 0.15) is 5.65 Å². The highest BCUT2D eigenvalue weighted by atomic mass is 16.1. The van der Waals surface area contributed by atoms with E-state index in [2.05, 4.69) is 46.0 Å². The molecule has 4 aromatic rings. The molecule has 0 radical (unpaired) electrons. The number of nitrogens with one attached hydrogen (secondary N) is 1. The molecule has 6 nitrogen and oxygen atoms in total. The maximum absolute atomic E-state index is 12.6. The van der Waals surface area contributed by atoms with Crippen LogP contribution in [0.5, 0.6) is 0 Å². The Kier molecular flexibility index (Phi) is 4.79. The predicted molar refractivity (Wildman–Crippen MR) is 121 cm³/mol. The van der Waals surface area contributed by atoms with Gasteiger partial charge in [-0.25, -0.2) is 4.52 Å². The zero-order valence-electron chi connectivity index (χ0n) is 17.6. The summed E-state index contributed by atoms with van der Waals surface area (Å²) in [6.45, 7) is 9.00. The van der Waals surface area contributed by atoms with Crippen LogP contribution in [0.3, 0.4) is 0 Å². The lowest BCUT2D eigenvalue weighted by Gasteiger charge is -2.36.